The number of nitrogens with zero attached hydrogens (tertiary/aromatic N) is 3. The fourth-order valence-corrected chi connectivity index (χ4v) is 3.20. The second-order valence-corrected chi connectivity index (χ2v) is 6.52. The van der Waals surface area contributed by atoms with E-state index in [0.717, 1.165) is 11.6 Å². The Kier molecular flexibility index (Phi) is 5.00. The Hall–Kier alpha value is -3.14. The van der Waals surface area contributed by atoms with Crippen LogP contribution in [0.25, 0.3) is 10.6 Å². The standard InChI is InChI=1S/C17H10F3N3O3S/c18-17(19,20)12-7-6-11(8-13(12)23(25)26)14(24)9-15-21-22-16(27-15)10-4-2-1-3-5-10/h1-8H,9H2. The highest BCUT2D eigenvalue weighted by Gasteiger charge is 2.38. The minimum Gasteiger partial charge on any atom is -0.294 e. The first-order chi connectivity index (χ1) is 12.8. The molecule has 0 saturated heterocycles. The summed E-state index contributed by atoms with van der Waals surface area (Å²) >= 11 is 1.17. The molecule has 0 radical (unpaired) electrons. The van der Waals surface area contributed by atoms with E-state index in [1.54, 1.807) is 0 Å². The van der Waals surface area contributed by atoms with Gasteiger partial charge < -0.3 is 0 Å². The van der Waals surface area contributed by atoms with Gasteiger partial charge in [-0.25, -0.2) is 0 Å². The van der Waals surface area contributed by atoms with Gasteiger partial charge in [0.15, 0.2) is 5.78 Å². The van der Waals surface area contributed by atoms with Crippen LogP contribution in [0.5, 0.6) is 0 Å². The minimum atomic E-state index is -4.88. The van der Waals surface area contributed by atoms with Crippen LogP contribution in [-0.4, -0.2) is 20.9 Å². The van der Waals surface area contributed by atoms with Crippen molar-refractivity contribution in [1.29, 1.82) is 0 Å². The molecule has 0 saturated carbocycles. The van der Waals surface area contributed by atoms with E-state index in [2.05, 4.69) is 10.2 Å². The Morgan fingerprint density at radius 3 is 2.44 bits per heavy atom. The van der Waals surface area contributed by atoms with Crippen LogP contribution in [0.1, 0.15) is 20.9 Å². The number of carbonyl (C=O) groups is 1. The fraction of sp³-hybridized carbons (Fsp3) is 0.118. The predicted octanol–water partition coefficient (Wildman–Crippen LogP) is 4.56. The smallest absolute Gasteiger partial charge is 0.294 e. The highest BCUT2D eigenvalue weighted by atomic mass is 32.1. The lowest BCUT2D eigenvalue weighted by Gasteiger charge is -2.08. The monoisotopic (exact) mass is 393 g/mol. The molecule has 1 aromatic heterocycles. The van der Waals surface area contributed by atoms with Gasteiger partial charge in [0.1, 0.15) is 15.6 Å². The van der Waals surface area contributed by atoms with Crippen molar-refractivity contribution in [1.82, 2.24) is 10.2 Å². The third-order valence-corrected chi connectivity index (χ3v) is 4.59. The normalized spacial score (nSPS) is 11.4. The molecule has 0 fully saturated rings. The number of alkyl halides is 3. The molecule has 3 aromatic rings. The minimum absolute atomic E-state index is 0.189. The molecule has 27 heavy (non-hydrogen) atoms. The number of carbonyl (C=O) groups excluding carboxylic acids is 1. The summed E-state index contributed by atoms with van der Waals surface area (Å²) in [5.74, 6) is -0.581. The summed E-state index contributed by atoms with van der Waals surface area (Å²) in [6.07, 6.45) is -5.10. The van der Waals surface area contributed by atoms with Gasteiger partial charge in [-0.2, -0.15) is 13.2 Å². The Labute approximate surface area is 154 Å². The van der Waals surface area contributed by atoms with Gasteiger partial charge in [-0.15, -0.1) is 10.2 Å². The number of aromatic nitrogens is 2. The summed E-state index contributed by atoms with van der Waals surface area (Å²) in [5, 5.41) is 19.8. The van der Waals surface area contributed by atoms with Crippen LogP contribution in [-0.2, 0) is 12.6 Å². The Morgan fingerprint density at radius 2 is 1.81 bits per heavy atom. The Morgan fingerprint density at radius 1 is 1.11 bits per heavy atom. The van der Waals surface area contributed by atoms with Crippen molar-refractivity contribution in [2.75, 3.05) is 0 Å². The topological polar surface area (TPSA) is 86.0 Å². The molecule has 0 aliphatic carbocycles. The summed E-state index contributed by atoms with van der Waals surface area (Å²) in [7, 11) is 0. The third-order valence-electron chi connectivity index (χ3n) is 3.62. The lowest BCUT2D eigenvalue weighted by atomic mass is 10.0. The molecular weight excluding hydrogens is 383 g/mol. The summed E-state index contributed by atoms with van der Waals surface area (Å²) in [5.41, 5.74) is -1.92. The maximum Gasteiger partial charge on any atom is 0.422 e. The largest absolute Gasteiger partial charge is 0.422 e. The molecule has 138 valence electrons. The Bertz CT molecular complexity index is 1000. The summed E-state index contributed by atoms with van der Waals surface area (Å²) in [6.45, 7) is 0. The molecule has 0 spiro atoms. The zero-order valence-corrected chi connectivity index (χ0v) is 14.3. The molecule has 3 rings (SSSR count). The summed E-state index contributed by atoms with van der Waals surface area (Å²) < 4.78 is 38.5. The van der Waals surface area contributed by atoms with E-state index in [9.17, 15) is 28.1 Å². The van der Waals surface area contributed by atoms with Crippen molar-refractivity contribution in [2.24, 2.45) is 0 Å². The first kappa shape index (κ1) is 18.6. The van der Waals surface area contributed by atoms with Crippen LogP contribution in [0.15, 0.2) is 48.5 Å². The first-order valence-corrected chi connectivity index (χ1v) is 8.34. The van der Waals surface area contributed by atoms with Gasteiger partial charge in [0, 0.05) is 17.2 Å². The van der Waals surface area contributed by atoms with E-state index in [1.165, 1.54) is 11.3 Å². The number of ketones is 1. The van der Waals surface area contributed by atoms with Gasteiger partial charge in [0.25, 0.3) is 5.69 Å². The lowest BCUT2D eigenvalue weighted by Crippen LogP contribution is -2.11. The predicted molar refractivity (Wildman–Crippen MR) is 91.5 cm³/mol. The van der Waals surface area contributed by atoms with E-state index < -0.39 is 28.1 Å². The van der Waals surface area contributed by atoms with Gasteiger partial charge in [0.05, 0.1) is 11.3 Å². The number of rotatable bonds is 5. The maximum absolute atomic E-state index is 12.8. The van der Waals surface area contributed by atoms with Crippen molar-refractivity contribution in [3.63, 3.8) is 0 Å². The highest BCUT2D eigenvalue weighted by molar-refractivity contribution is 7.14. The maximum atomic E-state index is 12.8. The molecular formula is C17H10F3N3O3S. The number of nitro benzene ring substituents is 1. The zero-order chi connectivity index (χ0) is 19.6. The average molecular weight is 393 g/mol. The molecule has 0 atom stereocenters. The van der Waals surface area contributed by atoms with Crippen molar-refractivity contribution in [2.45, 2.75) is 12.6 Å². The molecule has 0 aliphatic heterocycles. The van der Waals surface area contributed by atoms with Gasteiger partial charge in [-0.1, -0.05) is 47.7 Å². The molecule has 0 unspecified atom stereocenters. The van der Waals surface area contributed by atoms with Gasteiger partial charge in [0.2, 0.25) is 0 Å². The zero-order valence-electron chi connectivity index (χ0n) is 13.4. The third kappa shape index (κ3) is 4.17. The van der Waals surface area contributed by atoms with Crippen LogP contribution >= 0.6 is 11.3 Å². The van der Waals surface area contributed by atoms with Gasteiger partial charge >= 0.3 is 6.18 Å². The fourth-order valence-electron chi connectivity index (χ4n) is 2.36. The average Bonchev–Trinajstić information content (AvgIpc) is 3.09. The van der Waals surface area contributed by atoms with Crippen LogP contribution < -0.4 is 0 Å². The molecule has 0 N–H and O–H groups in total. The first-order valence-electron chi connectivity index (χ1n) is 7.52. The van der Waals surface area contributed by atoms with E-state index in [1.807, 2.05) is 30.3 Å². The van der Waals surface area contributed by atoms with Crippen molar-refractivity contribution >= 4 is 22.8 Å². The number of hydrogen-bond donors (Lipinski definition) is 0. The Balaban J connectivity index is 1.84. The second-order valence-electron chi connectivity index (χ2n) is 5.45. The molecule has 6 nitrogen and oxygen atoms in total. The summed E-state index contributed by atoms with van der Waals surface area (Å²) in [6, 6.07) is 11.2. The molecule has 2 aromatic carbocycles. The van der Waals surface area contributed by atoms with E-state index in [-0.39, 0.29) is 12.0 Å². The highest BCUT2D eigenvalue weighted by Crippen LogP contribution is 2.36. The van der Waals surface area contributed by atoms with Gasteiger partial charge in [-0.05, 0) is 6.07 Å². The second kappa shape index (κ2) is 7.23. The van der Waals surface area contributed by atoms with Gasteiger partial charge in [-0.3, -0.25) is 14.9 Å². The van der Waals surface area contributed by atoms with Crippen LogP contribution in [0.3, 0.4) is 0 Å². The quantitative estimate of drug-likeness (QED) is 0.360. The van der Waals surface area contributed by atoms with Crippen molar-refractivity contribution in [3.05, 3.63) is 74.8 Å². The van der Waals surface area contributed by atoms with Crippen molar-refractivity contribution in [3.8, 4) is 10.6 Å². The molecule has 0 bridgehead atoms. The summed E-state index contributed by atoms with van der Waals surface area (Å²) in [4.78, 5) is 22.1. The van der Waals surface area contributed by atoms with E-state index in [4.69, 9.17) is 0 Å². The van der Waals surface area contributed by atoms with Crippen LogP contribution in [0.2, 0.25) is 0 Å². The molecule has 10 heteroatoms. The van der Waals surface area contributed by atoms with E-state index in [0.29, 0.717) is 22.1 Å². The van der Waals surface area contributed by atoms with Crippen molar-refractivity contribution < 1.29 is 22.9 Å². The van der Waals surface area contributed by atoms with Crippen LogP contribution in [0, 0.1) is 10.1 Å². The number of nitro groups is 1. The van der Waals surface area contributed by atoms with Crippen LogP contribution in [0.4, 0.5) is 18.9 Å². The van der Waals surface area contributed by atoms with E-state index >= 15 is 0 Å². The SMILES string of the molecule is O=C(Cc1nnc(-c2ccccc2)s1)c1ccc(C(F)(F)F)c([N+](=O)[O-])c1. The molecule has 1 heterocycles. The number of hydrogen-bond acceptors (Lipinski definition) is 6. The number of Topliss-reactive ketones (excluding diaryl/α,β-unsaturated/α-hetero) is 1. The number of benzene rings is 2. The molecule has 0 aliphatic rings. The molecule has 0 amide bonds. The number of halogens is 3. The lowest BCUT2D eigenvalue weighted by molar-refractivity contribution is -0.388.